The summed E-state index contributed by atoms with van der Waals surface area (Å²) in [6.07, 6.45) is 0. The van der Waals surface area contributed by atoms with Crippen LogP contribution in [0.2, 0.25) is 0 Å². The minimum atomic E-state index is -0.911. The molecule has 1 aliphatic rings. The number of piperazine rings is 1. The Hall–Kier alpha value is -1.93. The highest BCUT2D eigenvalue weighted by Crippen LogP contribution is 2.21. The van der Waals surface area contributed by atoms with Gasteiger partial charge in [-0.2, -0.15) is 0 Å². The quantitative estimate of drug-likeness (QED) is 0.681. The Labute approximate surface area is 173 Å². The first kappa shape index (κ1) is 19.8. The van der Waals surface area contributed by atoms with Crippen LogP contribution in [-0.4, -0.2) is 52.0 Å². The number of nitrogens with zero attached hydrogens (tertiary/aromatic N) is 2. The molecule has 6 heteroatoms. The Balaban J connectivity index is 1.68. The molecule has 0 bridgehead atoms. The Morgan fingerprint density at radius 2 is 1.67 bits per heavy atom. The first-order valence-corrected chi connectivity index (χ1v) is 10.1. The van der Waals surface area contributed by atoms with Crippen molar-refractivity contribution in [1.82, 2.24) is 9.80 Å². The van der Waals surface area contributed by atoms with Crippen molar-refractivity contribution in [2.75, 3.05) is 13.1 Å². The Bertz CT molecular complexity index is 826. The molecule has 5 nitrogen and oxygen atoms in total. The van der Waals surface area contributed by atoms with Gasteiger partial charge in [0.15, 0.2) is 0 Å². The van der Waals surface area contributed by atoms with Gasteiger partial charge in [-0.3, -0.25) is 9.69 Å². The molecule has 142 valence electrons. The summed E-state index contributed by atoms with van der Waals surface area (Å²) < 4.78 is 1.06. The summed E-state index contributed by atoms with van der Waals surface area (Å²) in [4.78, 5) is 28.2. The number of carboxylic acid groups (broad SMARTS) is 1. The predicted molar refractivity (Wildman–Crippen MR) is 113 cm³/mol. The van der Waals surface area contributed by atoms with E-state index < -0.39 is 5.97 Å². The van der Waals surface area contributed by atoms with Gasteiger partial charge in [0, 0.05) is 40.9 Å². The van der Waals surface area contributed by atoms with Gasteiger partial charge >= 0.3 is 5.97 Å². The van der Waals surface area contributed by atoms with Crippen molar-refractivity contribution < 1.29 is 14.7 Å². The third kappa shape index (κ3) is 4.68. The molecule has 2 aromatic rings. The molecule has 1 amide bonds. The molecular weight excluding hydrogens is 455 g/mol. The zero-order valence-electron chi connectivity index (χ0n) is 15.4. The van der Waals surface area contributed by atoms with Crippen molar-refractivity contribution in [3.63, 3.8) is 0 Å². The molecule has 1 N–H and O–H groups in total. The van der Waals surface area contributed by atoms with Crippen molar-refractivity contribution in [2.45, 2.75) is 32.5 Å². The molecule has 1 aliphatic heterocycles. The van der Waals surface area contributed by atoms with Crippen molar-refractivity contribution in [1.29, 1.82) is 0 Å². The molecule has 1 heterocycles. The first-order valence-electron chi connectivity index (χ1n) is 8.98. The van der Waals surface area contributed by atoms with Crippen LogP contribution in [0.25, 0.3) is 0 Å². The fraction of sp³-hybridized carbons (Fsp3) is 0.333. The number of benzene rings is 2. The van der Waals surface area contributed by atoms with Gasteiger partial charge in [0.2, 0.25) is 0 Å². The van der Waals surface area contributed by atoms with Crippen LogP contribution in [-0.2, 0) is 6.54 Å². The van der Waals surface area contributed by atoms with Crippen molar-refractivity contribution >= 4 is 34.5 Å². The minimum absolute atomic E-state index is 0.0812. The molecular formula is C21H23IN2O3. The monoisotopic (exact) mass is 478 g/mol. The second kappa shape index (κ2) is 8.39. The van der Waals surface area contributed by atoms with Crippen molar-refractivity contribution in [3.8, 4) is 0 Å². The van der Waals surface area contributed by atoms with E-state index in [-0.39, 0.29) is 18.0 Å². The Morgan fingerprint density at radius 3 is 2.22 bits per heavy atom. The number of hydrogen-bond acceptors (Lipinski definition) is 3. The molecule has 3 rings (SSSR count). The van der Waals surface area contributed by atoms with E-state index in [1.807, 2.05) is 41.3 Å². The number of rotatable bonds is 4. The lowest BCUT2D eigenvalue weighted by Crippen LogP contribution is -2.57. The van der Waals surface area contributed by atoms with Crippen LogP contribution in [0.4, 0.5) is 0 Å². The lowest BCUT2D eigenvalue weighted by molar-refractivity contribution is 0.0269. The fourth-order valence-corrected chi connectivity index (χ4v) is 4.14. The summed E-state index contributed by atoms with van der Waals surface area (Å²) in [5, 5.41) is 9.03. The Morgan fingerprint density at radius 1 is 1.04 bits per heavy atom. The van der Waals surface area contributed by atoms with Gasteiger partial charge in [0.25, 0.3) is 5.91 Å². The van der Waals surface area contributed by atoms with Crippen molar-refractivity contribution in [2.24, 2.45) is 0 Å². The maximum Gasteiger partial charge on any atom is 0.335 e. The standard InChI is InChI=1S/C21H23IN2O3/c1-14-11-23(20(25)18-4-3-5-19(22)10-18)12-15(2)24(14)13-16-6-8-17(9-7-16)21(26)27/h3-10,14-15H,11-13H2,1-2H3,(H,26,27)/t14-,15+. The zero-order valence-corrected chi connectivity index (χ0v) is 17.6. The maximum atomic E-state index is 12.9. The lowest BCUT2D eigenvalue weighted by atomic mass is 10.0. The molecule has 1 fully saturated rings. The van der Waals surface area contributed by atoms with Crippen LogP contribution in [0.15, 0.2) is 48.5 Å². The molecule has 2 aromatic carbocycles. The van der Waals surface area contributed by atoms with E-state index in [2.05, 4.69) is 41.3 Å². The normalized spacial score (nSPS) is 20.5. The largest absolute Gasteiger partial charge is 0.478 e. The summed E-state index contributed by atoms with van der Waals surface area (Å²) in [5.74, 6) is -0.830. The molecule has 0 aromatic heterocycles. The summed E-state index contributed by atoms with van der Waals surface area (Å²) >= 11 is 2.22. The number of amides is 1. The van der Waals surface area contributed by atoms with Crippen LogP contribution < -0.4 is 0 Å². The van der Waals surface area contributed by atoms with E-state index in [4.69, 9.17) is 5.11 Å². The number of aromatic carboxylic acids is 1. The van der Waals surface area contributed by atoms with E-state index in [9.17, 15) is 9.59 Å². The van der Waals surface area contributed by atoms with E-state index in [0.717, 1.165) is 21.2 Å². The highest BCUT2D eigenvalue weighted by Gasteiger charge is 2.32. The molecule has 2 atom stereocenters. The van der Waals surface area contributed by atoms with E-state index >= 15 is 0 Å². The van der Waals surface area contributed by atoms with Gasteiger partial charge in [-0.05, 0) is 72.3 Å². The number of halogens is 1. The van der Waals surface area contributed by atoms with Gasteiger partial charge in [0.1, 0.15) is 0 Å². The van der Waals surface area contributed by atoms with E-state index in [1.165, 1.54) is 0 Å². The zero-order chi connectivity index (χ0) is 19.6. The molecule has 0 aliphatic carbocycles. The SMILES string of the molecule is C[C@@H]1CN(C(=O)c2cccc(I)c2)C[C@H](C)N1Cc1ccc(C(=O)O)cc1. The van der Waals surface area contributed by atoms with Gasteiger partial charge in [-0.25, -0.2) is 4.79 Å². The summed E-state index contributed by atoms with van der Waals surface area (Å²) in [6, 6.07) is 15.2. The molecule has 0 saturated carbocycles. The third-order valence-corrected chi connectivity index (χ3v) is 5.70. The number of hydrogen-bond donors (Lipinski definition) is 1. The number of carbonyl (C=O) groups is 2. The highest BCUT2D eigenvalue weighted by molar-refractivity contribution is 14.1. The second-order valence-corrected chi connectivity index (χ2v) is 8.34. The van der Waals surface area contributed by atoms with Gasteiger partial charge < -0.3 is 10.0 Å². The van der Waals surface area contributed by atoms with Crippen LogP contribution in [0.3, 0.4) is 0 Å². The smallest absolute Gasteiger partial charge is 0.335 e. The third-order valence-electron chi connectivity index (χ3n) is 5.03. The molecule has 1 saturated heterocycles. The molecule has 0 radical (unpaired) electrons. The predicted octanol–water partition coefficient (Wildman–Crippen LogP) is 3.72. The average molecular weight is 478 g/mol. The maximum absolute atomic E-state index is 12.9. The van der Waals surface area contributed by atoms with Gasteiger partial charge in [0.05, 0.1) is 5.56 Å². The van der Waals surface area contributed by atoms with Crippen LogP contribution in [0.1, 0.15) is 40.1 Å². The van der Waals surface area contributed by atoms with Crippen molar-refractivity contribution in [3.05, 3.63) is 68.8 Å². The number of carbonyl (C=O) groups excluding carboxylic acids is 1. The molecule has 0 spiro atoms. The summed E-state index contributed by atoms with van der Waals surface area (Å²) in [7, 11) is 0. The van der Waals surface area contributed by atoms with Crippen LogP contribution >= 0.6 is 22.6 Å². The first-order chi connectivity index (χ1) is 12.8. The van der Waals surface area contributed by atoms with Crippen LogP contribution in [0.5, 0.6) is 0 Å². The number of carboxylic acids is 1. The minimum Gasteiger partial charge on any atom is -0.478 e. The van der Waals surface area contributed by atoms with Gasteiger partial charge in [-0.1, -0.05) is 18.2 Å². The topological polar surface area (TPSA) is 60.9 Å². The summed E-state index contributed by atoms with van der Waals surface area (Å²) in [6.45, 7) is 6.38. The van der Waals surface area contributed by atoms with E-state index in [0.29, 0.717) is 18.7 Å². The second-order valence-electron chi connectivity index (χ2n) is 7.09. The highest BCUT2D eigenvalue weighted by atomic mass is 127. The molecule has 0 unspecified atom stereocenters. The van der Waals surface area contributed by atoms with E-state index in [1.54, 1.807) is 12.1 Å². The summed E-state index contributed by atoms with van der Waals surface area (Å²) in [5.41, 5.74) is 2.11. The fourth-order valence-electron chi connectivity index (χ4n) is 3.60. The Kier molecular flexibility index (Phi) is 6.16. The van der Waals surface area contributed by atoms with Gasteiger partial charge in [-0.15, -0.1) is 0 Å². The average Bonchev–Trinajstić information content (AvgIpc) is 2.64. The van der Waals surface area contributed by atoms with Crippen LogP contribution in [0, 0.1) is 3.57 Å². The lowest BCUT2D eigenvalue weighted by Gasteiger charge is -2.44. The molecule has 27 heavy (non-hydrogen) atoms.